The second-order valence-electron chi connectivity index (χ2n) is 5.66. The first-order valence-corrected chi connectivity index (χ1v) is 8.34. The average molecular weight is 352 g/mol. The Morgan fingerprint density at radius 3 is 2.54 bits per heavy atom. The molecule has 0 bridgehead atoms. The Hall–Kier alpha value is -2.43. The lowest BCUT2D eigenvalue weighted by atomic mass is 10.0. The number of imidazole rings is 1. The highest BCUT2D eigenvalue weighted by molar-refractivity contribution is 7.71. The lowest BCUT2D eigenvalue weighted by Gasteiger charge is -2.06. The van der Waals surface area contributed by atoms with E-state index in [1.54, 1.807) is 0 Å². The Morgan fingerprint density at radius 1 is 1.04 bits per heavy atom. The van der Waals surface area contributed by atoms with Gasteiger partial charge in [0.1, 0.15) is 4.64 Å². The summed E-state index contributed by atoms with van der Waals surface area (Å²) in [6, 6.07) is 15.9. The van der Waals surface area contributed by atoms with Gasteiger partial charge in [-0.2, -0.15) is 0 Å². The first-order chi connectivity index (χ1) is 11.6. The van der Waals surface area contributed by atoms with Crippen molar-refractivity contribution >= 4 is 29.6 Å². The number of fused-ring (bicyclic) bond motifs is 1. The molecule has 2 aromatic carbocycles. The smallest absolute Gasteiger partial charge is 0.212 e. The van der Waals surface area contributed by atoms with Gasteiger partial charge >= 0.3 is 0 Å². The molecule has 0 fully saturated rings. The Morgan fingerprint density at radius 2 is 1.79 bits per heavy atom. The number of benzene rings is 2. The van der Waals surface area contributed by atoms with Gasteiger partial charge in [0.2, 0.25) is 5.78 Å². The lowest BCUT2D eigenvalue weighted by Crippen LogP contribution is -1.93. The zero-order valence-corrected chi connectivity index (χ0v) is 14.5. The zero-order chi connectivity index (χ0) is 16.7. The van der Waals surface area contributed by atoms with Crippen molar-refractivity contribution in [3.8, 4) is 22.4 Å². The summed E-state index contributed by atoms with van der Waals surface area (Å²) in [6.07, 6.45) is 3.82. The van der Waals surface area contributed by atoms with Crippen molar-refractivity contribution in [1.29, 1.82) is 0 Å². The largest absolute Gasteiger partial charge is 0.323 e. The molecule has 0 radical (unpaired) electrons. The van der Waals surface area contributed by atoms with Gasteiger partial charge < -0.3 is 4.98 Å². The van der Waals surface area contributed by atoms with E-state index in [0.717, 1.165) is 32.8 Å². The van der Waals surface area contributed by atoms with E-state index in [9.17, 15) is 0 Å². The minimum absolute atomic E-state index is 0.714. The van der Waals surface area contributed by atoms with E-state index >= 15 is 0 Å². The van der Waals surface area contributed by atoms with Crippen LogP contribution < -0.4 is 0 Å². The third-order valence-electron chi connectivity index (χ3n) is 4.09. The fourth-order valence-corrected chi connectivity index (χ4v) is 3.23. The van der Waals surface area contributed by atoms with Crippen molar-refractivity contribution in [2.24, 2.45) is 0 Å². The van der Waals surface area contributed by atoms with E-state index < -0.39 is 0 Å². The van der Waals surface area contributed by atoms with E-state index in [2.05, 4.69) is 29.0 Å². The fourth-order valence-electron chi connectivity index (χ4n) is 2.80. The number of nitrogens with zero attached hydrogens (tertiary/aromatic N) is 2. The van der Waals surface area contributed by atoms with E-state index in [1.165, 1.54) is 5.56 Å². The predicted molar refractivity (Wildman–Crippen MR) is 101 cm³/mol. The van der Waals surface area contributed by atoms with Crippen LogP contribution in [0.1, 0.15) is 5.56 Å². The lowest BCUT2D eigenvalue weighted by molar-refractivity contribution is 1.09. The molecule has 0 saturated carbocycles. The number of H-pyrrole nitrogens is 1. The Bertz CT molecular complexity index is 1090. The molecule has 5 heteroatoms. The average Bonchev–Trinajstić information content (AvgIpc) is 3.02. The number of aryl methyl sites for hydroxylation is 1. The maximum Gasteiger partial charge on any atom is 0.212 e. The Balaban J connectivity index is 1.90. The number of aromatic amines is 1. The van der Waals surface area contributed by atoms with E-state index in [4.69, 9.17) is 23.8 Å². The minimum atomic E-state index is 0.714. The van der Waals surface area contributed by atoms with Gasteiger partial charge in [0.05, 0.1) is 5.69 Å². The Kier molecular flexibility index (Phi) is 3.71. The van der Waals surface area contributed by atoms with Crippen LogP contribution in [0.3, 0.4) is 0 Å². The SMILES string of the molecule is Cc1ccccc1-c1cnc2[nH]c(-c3ccc(Cl)cc3)cn2c1=S. The van der Waals surface area contributed by atoms with Crippen LogP contribution in [0.25, 0.3) is 28.2 Å². The van der Waals surface area contributed by atoms with Gasteiger partial charge in [0.25, 0.3) is 0 Å². The second kappa shape index (κ2) is 5.89. The topological polar surface area (TPSA) is 33.1 Å². The molecule has 3 nitrogen and oxygen atoms in total. The molecule has 24 heavy (non-hydrogen) atoms. The van der Waals surface area contributed by atoms with Crippen molar-refractivity contribution in [2.75, 3.05) is 0 Å². The van der Waals surface area contributed by atoms with Crippen molar-refractivity contribution in [1.82, 2.24) is 14.4 Å². The molecule has 0 aliphatic heterocycles. The van der Waals surface area contributed by atoms with Crippen LogP contribution in [0.5, 0.6) is 0 Å². The molecule has 0 saturated heterocycles. The fraction of sp³-hybridized carbons (Fsp3) is 0.0526. The van der Waals surface area contributed by atoms with Crippen molar-refractivity contribution in [3.63, 3.8) is 0 Å². The van der Waals surface area contributed by atoms with Gasteiger partial charge in [-0.1, -0.05) is 60.2 Å². The molecule has 0 aliphatic carbocycles. The van der Waals surface area contributed by atoms with Crippen LogP contribution in [-0.4, -0.2) is 14.4 Å². The third-order valence-corrected chi connectivity index (χ3v) is 4.76. The highest BCUT2D eigenvalue weighted by atomic mass is 35.5. The van der Waals surface area contributed by atoms with Gasteiger partial charge in [-0.15, -0.1) is 0 Å². The number of hydrogen-bond acceptors (Lipinski definition) is 2. The van der Waals surface area contributed by atoms with Gasteiger partial charge in [0, 0.05) is 23.0 Å². The normalized spacial score (nSPS) is 11.1. The Labute approximate surface area is 149 Å². The van der Waals surface area contributed by atoms with Crippen LogP contribution in [0, 0.1) is 11.6 Å². The molecule has 0 unspecified atom stereocenters. The van der Waals surface area contributed by atoms with E-state index in [0.29, 0.717) is 5.02 Å². The summed E-state index contributed by atoms with van der Waals surface area (Å²) in [5.74, 6) is 0.724. The van der Waals surface area contributed by atoms with E-state index in [-0.39, 0.29) is 0 Å². The van der Waals surface area contributed by atoms with Gasteiger partial charge in [-0.05, 0) is 35.7 Å². The van der Waals surface area contributed by atoms with E-state index in [1.807, 2.05) is 53.2 Å². The van der Waals surface area contributed by atoms with Crippen LogP contribution in [0.2, 0.25) is 5.02 Å². The molecule has 2 aromatic heterocycles. The zero-order valence-electron chi connectivity index (χ0n) is 13.0. The minimum Gasteiger partial charge on any atom is -0.323 e. The molecule has 0 atom stereocenters. The van der Waals surface area contributed by atoms with Crippen molar-refractivity contribution < 1.29 is 0 Å². The molecule has 2 heterocycles. The summed E-state index contributed by atoms with van der Waals surface area (Å²) < 4.78 is 2.66. The summed E-state index contributed by atoms with van der Waals surface area (Å²) in [7, 11) is 0. The summed E-state index contributed by atoms with van der Waals surface area (Å²) >= 11 is 11.7. The third kappa shape index (κ3) is 2.54. The molecular weight excluding hydrogens is 338 g/mol. The summed E-state index contributed by atoms with van der Waals surface area (Å²) in [4.78, 5) is 7.85. The van der Waals surface area contributed by atoms with Crippen molar-refractivity contribution in [2.45, 2.75) is 6.92 Å². The van der Waals surface area contributed by atoms with Crippen LogP contribution >= 0.6 is 23.8 Å². The highest BCUT2D eigenvalue weighted by Crippen LogP contribution is 2.26. The first kappa shape index (κ1) is 15.1. The molecule has 0 amide bonds. The standard InChI is InChI=1S/C19H14ClN3S/c1-12-4-2-3-5-15(12)16-10-21-19-22-17(11-23(19)18(16)24)13-6-8-14(20)9-7-13/h2-11H,1H3,(H,21,22). The van der Waals surface area contributed by atoms with Crippen molar-refractivity contribution in [3.05, 3.63) is 76.2 Å². The number of nitrogens with one attached hydrogen (secondary N) is 1. The van der Waals surface area contributed by atoms with Gasteiger partial charge in [0.15, 0.2) is 0 Å². The summed E-state index contributed by atoms with van der Waals surface area (Å²) in [6.45, 7) is 2.08. The summed E-state index contributed by atoms with van der Waals surface area (Å²) in [5.41, 5.74) is 5.24. The number of aromatic nitrogens is 3. The number of rotatable bonds is 2. The molecule has 1 N–H and O–H groups in total. The molecule has 0 aliphatic rings. The number of hydrogen-bond donors (Lipinski definition) is 1. The maximum absolute atomic E-state index is 5.96. The van der Waals surface area contributed by atoms with Crippen LogP contribution in [-0.2, 0) is 0 Å². The maximum atomic E-state index is 5.96. The van der Waals surface area contributed by atoms with Gasteiger partial charge in [-0.3, -0.25) is 4.40 Å². The molecule has 4 rings (SSSR count). The molecule has 4 aromatic rings. The van der Waals surface area contributed by atoms with Gasteiger partial charge in [-0.25, -0.2) is 4.98 Å². The molecular formula is C19H14ClN3S. The quantitative estimate of drug-likeness (QED) is 0.471. The highest BCUT2D eigenvalue weighted by Gasteiger charge is 2.10. The monoisotopic (exact) mass is 351 g/mol. The molecule has 0 spiro atoms. The number of halogens is 1. The molecule has 118 valence electrons. The first-order valence-electron chi connectivity index (χ1n) is 7.56. The predicted octanol–water partition coefficient (Wildman–Crippen LogP) is 5.69. The van der Waals surface area contributed by atoms with Crippen LogP contribution in [0.4, 0.5) is 0 Å². The summed E-state index contributed by atoms with van der Waals surface area (Å²) in [5, 5.41) is 0.714. The second-order valence-corrected chi connectivity index (χ2v) is 6.48. The van der Waals surface area contributed by atoms with Crippen LogP contribution in [0.15, 0.2) is 60.9 Å².